The number of oxazole rings is 1. The molecule has 0 saturated carbocycles. The Kier molecular flexibility index (Phi) is 5.49. The number of hydrogen-bond donors (Lipinski definition) is 1. The Morgan fingerprint density at radius 3 is 2.26 bits per heavy atom. The standard InChI is InChI=1S/C22H26N2O3/c1-14(2)16-8-7-9-17(15(3)4)21(16)23-20(25)12-13-24-18-10-5-6-11-19(18)27-22(24)26/h5-11,14-15H,12-13H2,1-4H3,(H,23,25). The summed E-state index contributed by atoms with van der Waals surface area (Å²) < 4.78 is 6.73. The van der Waals surface area contributed by atoms with Gasteiger partial charge >= 0.3 is 5.76 Å². The van der Waals surface area contributed by atoms with Gasteiger partial charge in [-0.3, -0.25) is 9.36 Å². The number of aryl methyl sites for hydroxylation is 1. The third-order valence-corrected chi connectivity index (χ3v) is 4.77. The van der Waals surface area contributed by atoms with E-state index in [1.807, 2.05) is 24.3 Å². The van der Waals surface area contributed by atoms with Gasteiger partial charge in [0.2, 0.25) is 5.91 Å². The maximum Gasteiger partial charge on any atom is 0.419 e. The van der Waals surface area contributed by atoms with Gasteiger partial charge in [-0.2, -0.15) is 0 Å². The lowest BCUT2D eigenvalue weighted by atomic mass is 9.92. The van der Waals surface area contributed by atoms with Crippen LogP contribution in [0.15, 0.2) is 51.7 Å². The maximum absolute atomic E-state index is 12.6. The molecule has 0 fully saturated rings. The van der Waals surface area contributed by atoms with Crippen LogP contribution in [-0.2, 0) is 11.3 Å². The predicted molar refractivity (Wildman–Crippen MR) is 108 cm³/mol. The summed E-state index contributed by atoms with van der Waals surface area (Å²) in [4.78, 5) is 24.7. The summed E-state index contributed by atoms with van der Waals surface area (Å²) in [5.74, 6) is 0.0653. The van der Waals surface area contributed by atoms with Crippen LogP contribution in [-0.4, -0.2) is 10.5 Å². The molecule has 3 aromatic rings. The van der Waals surface area contributed by atoms with Crippen LogP contribution in [0.2, 0.25) is 0 Å². The highest BCUT2D eigenvalue weighted by Gasteiger charge is 2.16. The molecule has 1 aromatic heterocycles. The SMILES string of the molecule is CC(C)c1cccc(C(C)C)c1NC(=O)CCn1c(=O)oc2ccccc21. The summed E-state index contributed by atoms with van der Waals surface area (Å²) in [6.07, 6.45) is 0.202. The number of carbonyl (C=O) groups excluding carboxylic acids is 1. The number of carbonyl (C=O) groups is 1. The van der Waals surface area contributed by atoms with Crippen LogP contribution >= 0.6 is 0 Å². The Labute approximate surface area is 159 Å². The first-order chi connectivity index (χ1) is 12.9. The van der Waals surface area contributed by atoms with Crippen molar-refractivity contribution < 1.29 is 9.21 Å². The highest BCUT2D eigenvalue weighted by molar-refractivity contribution is 5.92. The van der Waals surface area contributed by atoms with Crippen LogP contribution in [0.1, 0.15) is 57.1 Å². The number of fused-ring (bicyclic) bond motifs is 1. The molecule has 0 saturated heterocycles. The van der Waals surface area contributed by atoms with E-state index in [9.17, 15) is 9.59 Å². The number of hydrogen-bond acceptors (Lipinski definition) is 3. The van der Waals surface area contributed by atoms with Gasteiger partial charge in [0.1, 0.15) is 0 Å². The third-order valence-electron chi connectivity index (χ3n) is 4.77. The molecule has 1 N–H and O–H groups in total. The molecule has 0 aliphatic carbocycles. The van der Waals surface area contributed by atoms with Crippen LogP contribution < -0.4 is 11.1 Å². The van der Waals surface area contributed by atoms with Gasteiger partial charge in [0.25, 0.3) is 0 Å². The van der Waals surface area contributed by atoms with Gasteiger partial charge < -0.3 is 9.73 Å². The molecule has 27 heavy (non-hydrogen) atoms. The van der Waals surface area contributed by atoms with Crippen molar-refractivity contribution in [3.8, 4) is 0 Å². The van der Waals surface area contributed by atoms with Crippen molar-refractivity contribution in [3.63, 3.8) is 0 Å². The molecule has 0 aliphatic heterocycles. The quantitative estimate of drug-likeness (QED) is 0.677. The number of para-hydroxylation sites is 3. The number of aromatic nitrogens is 1. The Morgan fingerprint density at radius 1 is 1.00 bits per heavy atom. The fourth-order valence-corrected chi connectivity index (χ4v) is 3.34. The van der Waals surface area contributed by atoms with Crippen molar-refractivity contribution in [3.05, 3.63) is 64.1 Å². The Hall–Kier alpha value is -2.82. The molecule has 1 heterocycles. The smallest absolute Gasteiger partial charge is 0.408 e. The van der Waals surface area contributed by atoms with E-state index < -0.39 is 5.76 Å². The normalized spacial score (nSPS) is 11.5. The third kappa shape index (κ3) is 3.97. The van der Waals surface area contributed by atoms with Crippen molar-refractivity contribution >= 4 is 22.7 Å². The maximum atomic E-state index is 12.6. The Bertz CT molecular complexity index is 986. The van der Waals surface area contributed by atoms with Crippen LogP contribution in [0.4, 0.5) is 5.69 Å². The monoisotopic (exact) mass is 366 g/mol. The van der Waals surface area contributed by atoms with E-state index in [1.165, 1.54) is 4.57 Å². The molecule has 0 aliphatic rings. The number of benzene rings is 2. The molecule has 3 rings (SSSR count). The number of nitrogens with one attached hydrogen (secondary N) is 1. The highest BCUT2D eigenvalue weighted by Crippen LogP contribution is 2.32. The van der Waals surface area contributed by atoms with E-state index in [4.69, 9.17) is 4.42 Å². The van der Waals surface area contributed by atoms with Crippen molar-refractivity contribution in [2.75, 3.05) is 5.32 Å². The second-order valence-corrected chi connectivity index (χ2v) is 7.41. The van der Waals surface area contributed by atoms with Crippen LogP contribution in [0.25, 0.3) is 11.1 Å². The Morgan fingerprint density at radius 2 is 1.63 bits per heavy atom. The molecule has 2 aromatic carbocycles. The summed E-state index contributed by atoms with van der Waals surface area (Å²) in [5, 5.41) is 3.09. The zero-order valence-electron chi connectivity index (χ0n) is 16.3. The summed E-state index contributed by atoms with van der Waals surface area (Å²) in [6, 6.07) is 13.4. The molecule has 1 amide bonds. The highest BCUT2D eigenvalue weighted by atomic mass is 16.4. The van der Waals surface area contributed by atoms with Crippen molar-refractivity contribution in [2.45, 2.75) is 52.5 Å². The molecule has 142 valence electrons. The second kappa shape index (κ2) is 7.82. The zero-order valence-corrected chi connectivity index (χ0v) is 16.3. The lowest BCUT2D eigenvalue weighted by molar-refractivity contribution is -0.116. The molecule has 0 spiro atoms. The van der Waals surface area contributed by atoms with Gasteiger partial charge in [-0.25, -0.2) is 4.79 Å². The molecular formula is C22H26N2O3. The number of nitrogens with zero attached hydrogens (tertiary/aromatic N) is 1. The lowest BCUT2D eigenvalue weighted by Crippen LogP contribution is -2.21. The van der Waals surface area contributed by atoms with E-state index in [1.54, 1.807) is 6.07 Å². The number of anilines is 1. The van der Waals surface area contributed by atoms with Crippen molar-refractivity contribution in [1.29, 1.82) is 0 Å². The van der Waals surface area contributed by atoms with E-state index in [0.717, 1.165) is 16.8 Å². The van der Waals surface area contributed by atoms with Crippen molar-refractivity contribution in [1.82, 2.24) is 4.57 Å². The molecule has 0 atom stereocenters. The van der Waals surface area contributed by atoms with Crippen LogP contribution in [0.3, 0.4) is 0 Å². The zero-order chi connectivity index (χ0) is 19.6. The summed E-state index contributed by atoms with van der Waals surface area (Å²) in [5.41, 5.74) is 4.40. The van der Waals surface area contributed by atoms with Gasteiger partial charge in [0.05, 0.1) is 5.52 Å². The summed E-state index contributed by atoms with van der Waals surface area (Å²) in [7, 11) is 0. The minimum Gasteiger partial charge on any atom is -0.408 e. The average molecular weight is 366 g/mol. The van der Waals surface area contributed by atoms with E-state index >= 15 is 0 Å². The summed E-state index contributed by atoms with van der Waals surface area (Å²) >= 11 is 0. The van der Waals surface area contributed by atoms with E-state index in [0.29, 0.717) is 22.9 Å². The first-order valence-electron chi connectivity index (χ1n) is 9.39. The second-order valence-electron chi connectivity index (χ2n) is 7.41. The fraction of sp³-hybridized carbons (Fsp3) is 0.364. The molecule has 5 heteroatoms. The Balaban J connectivity index is 1.80. The van der Waals surface area contributed by atoms with Gasteiger partial charge in [-0.05, 0) is 35.1 Å². The van der Waals surface area contributed by atoms with Crippen LogP contribution in [0, 0.1) is 0 Å². The topological polar surface area (TPSA) is 64.2 Å². The van der Waals surface area contributed by atoms with Gasteiger partial charge in [-0.1, -0.05) is 58.0 Å². The minimum absolute atomic E-state index is 0.109. The first-order valence-corrected chi connectivity index (χ1v) is 9.39. The number of rotatable bonds is 6. The summed E-state index contributed by atoms with van der Waals surface area (Å²) in [6.45, 7) is 8.75. The van der Waals surface area contributed by atoms with Gasteiger partial charge in [0.15, 0.2) is 5.58 Å². The largest absolute Gasteiger partial charge is 0.419 e. The minimum atomic E-state index is -0.436. The molecule has 5 nitrogen and oxygen atoms in total. The molecule has 0 radical (unpaired) electrons. The molecule has 0 unspecified atom stereocenters. The number of amides is 1. The molecular weight excluding hydrogens is 340 g/mol. The van der Waals surface area contributed by atoms with Gasteiger partial charge in [-0.15, -0.1) is 0 Å². The van der Waals surface area contributed by atoms with E-state index in [2.05, 4.69) is 45.1 Å². The molecule has 0 bridgehead atoms. The predicted octanol–water partition coefficient (Wildman–Crippen LogP) is 4.87. The fourth-order valence-electron chi connectivity index (χ4n) is 3.34. The van der Waals surface area contributed by atoms with E-state index in [-0.39, 0.29) is 18.9 Å². The van der Waals surface area contributed by atoms with Gasteiger partial charge in [0, 0.05) is 18.7 Å². The van der Waals surface area contributed by atoms with Crippen LogP contribution in [0.5, 0.6) is 0 Å². The average Bonchev–Trinajstić information content (AvgIpc) is 2.94. The lowest BCUT2D eigenvalue weighted by Gasteiger charge is -2.20. The van der Waals surface area contributed by atoms with Crippen molar-refractivity contribution in [2.24, 2.45) is 0 Å². The first kappa shape index (κ1) is 19.0.